The number of hydrogen-bond acceptors (Lipinski definition) is 4. The van der Waals surface area contributed by atoms with Crippen LogP contribution >= 0.6 is 0 Å². The van der Waals surface area contributed by atoms with Crippen LogP contribution in [0.2, 0.25) is 0 Å². The van der Waals surface area contributed by atoms with Gasteiger partial charge in [-0.3, -0.25) is 4.79 Å². The van der Waals surface area contributed by atoms with Crippen molar-refractivity contribution in [3.05, 3.63) is 24.3 Å². The zero-order valence-electron chi connectivity index (χ0n) is 10.6. The Morgan fingerprint density at radius 3 is 3.00 bits per heavy atom. The van der Waals surface area contributed by atoms with Crippen LogP contribution in [-0.4, -0.2) is 30.3 Å². The number of hydrogen-bond donors (Lipinski definition) is 3. The van der Waals surface area contributed by atoms with Gasteiger partial charge in [-0.1, -0.05) is 6.07 Å². The first-order chi connectivity index (χ1) is 8.58. The molecular weight excluding hydrogens is 232 g/mol. The van der Waals surface area contributed by atoms with Crippen molar-refractivity contribution in [2.75, 3.05) is 18.9 Å². The number of amides is 1. The number of nitrogens with two attached hydrogens (primary N) is 1. The lowest BCUT2D eigenvalue weighted by atomic mass is 10.2. The number of nitrogens with one attached hydrogen (secondary N) is 1. The van der Waals surface area contributed by atoms with Crippen LogP contribution in [0.3, 0.4) is 0 Å². The molecule has 0 aliphatic rings. The summed E-state index contributed by atoms with van der Waals surface area (Å²) >= 11 is 0. The summed E-state index contributed by atoms with van der Waals surface area (Å²) in [6.45, 7) is 2.24. The van der Waals surface area contributed by atoms with Crippen LogP contribution in [0.15, 0.2) is 24.3 Å². The summed E-state index contributed by atoms with van der Waals surface area (Å²) in [7, 11) is 0. The van der Waals surface area contributed by atoms with E-state index in [9.17, 15) is 4.79 Å². The highest BCUT2D eigenvalue weighted by Gasteiger charge is 2.03. The molecule has 1 atom stereocenters. The summed E-state index contributed by atoms with van der Waals surface area (Å²) in [4.78, 5) is 11.4. The van der Waals surface area contributed by atoms with Gasteiger partial charge in [-0.2, -0.15) is 0 Å². The van der Waals surface area contributed by atoms with E-state index in [1.54, 1.807) is 31.2 Å². The van der Waals surface area contributed by atoms with Gasteiger partial charge in [0.25, 0.3) is 5.91 Å². The number of nitrogen functional groups attached to an aromatic ring is 1. The Balaban J connectivity index is 2.17. The molecule has 0 saturated heterocycles. The lowest BCUT2D eigenvalue weighted by Crippen LogP contribution is -2.30. The molecule has 0 aliphatic carbocycles. The van der Waals surface area contributed by atoms with Crippen LogP contribution in [0.1, 0.15) is 19.8 Å². The largest absolute Gasteiger partial charge is 0.484 e. The van der Waals surface area contributed by atoms with E-state index in [1.807, 2.05) is 0 Å². The molecular formula is C13H20N2O3. The number of aliphatic hydroxyl groups is 1. The van der Waals surface area contributed by atoms with Crippen LogP contribution < -0.4 is 15.8 Å². The van der Waals surface area contributed by atoms with Crippen LogP contribution in [0, 0.1) is 0 Å². The second-order valence-corrected chi connectivity index (χ2v) is 4.20. The lowest BCUT2D eigenvalue weighted by Gasteiger charge is -2.08. The fraction of sp³-hybridized carbons (Fsp3) is 0.462. The minimum Gasteiger partial charge on any atom is -0.484 e. The molecule has 0 aliphatic heterocycles. The maximum Gasteiger partial charge on any atom is 0.257 e. The van der Waals surface area contributed by atoms with Crippen molar-refractivity contribution in [3.8, 4) is 5.75 Å². The second-order valence-electron chi connectivity index (χ2n) is 4.20. The van der Waals surface area contributed by atoms with E-state index in [0.717, 1.165) is 6.42 Å². The minimum atomic E-state index is -0.328. The number of ether oxygens (including phenoxy) is 1. The standard InChI is InChI=1S/C13H20N2O3/c1-10(16)4-3-7-15-13(17)9-18-12-6-2-5-11(14)8-12/h2,5-6,8,10,16H,3-4,7,9,14H2,1H3,(H,15,17). The average molecular weight is 252 g/mol. The molecule has 1 aromatic carbocycles. The van der Waals surface area contributed by atoms with Crippen molar-refractivity contribution in [1.29, 1.82) is 0 Å². The predicted molar refractivity (Wildman–Crippen MR) is 70.3 cm³/mol. The van der Waals surface area contributed by atoms with Gasteiger partial charge < -0.3 is 20.9 Å². The number of anilines is 1. The highest BCUT2D eigenvalue weighted by molar-refractivity contribution is 5.77. The van der Waals surface area contributed by atoms with Crippen molar-refractivity contribution in [2.45, 2.75) is 25.9 Å². The quantitative estimate of drug-likeness (QED) is 0.498. The summed E-state index contributed by atoms with van der Waals surface area (Å²) in [6.07, 6.45) is 1.10. The van der Waals surface area contributed by atoms with Gasteiger partial charge in [0.15, 0.2) is 6.61 Å². The van der Waals surface area contributed by atoms with Crippen molar-refractivity contribution < 1.29 is 14.6 Å². The highest BCUT2D eigenvalue weighted by atomic mass is 16.5. The van der Waals surface area contributed by atoms with E-state index in [2.05, 4.69) is 5.32 Å². The number of benzene rings is 1. The van der Waals surface area contributed by atoms with Gasteiger partial charge in [0.05, 0.1) is 6.10 Å². The van der Waals surface area contributed by atoms with Crippen LogP contribution in [0.25, 0.3) is 0 Å². The number of carbonyl (C=O) groups is 1. The summed E-state index contributed by atoms with van der Waals surface area (Å²) < 4.78 is 5.29. The molecule has 0 spiro atoms. The molecule has 0 aromatic heterocycles. The van der Waals surface area contributed by atoms with E-state index in [4.69, 9.17) is 15.6 Å². The minimum absolute atomic E-state index is 0.0296. The third kappa shape index (κ3) is 6.10. The Labute approximate surface area is 107 Å². The SMILES string of the molecule is CC(O)CCCNC(=O)COc1cccc(N)c1. The molecule has 1 rings (SSSR count). The van der Waals surface area contributed by atoms with Crippen molar-refractivity contribution in [1.82, 2.24) is 5.32 Å². The normalized spacial score (nSPS) is 11.9. The summed E-state index contributed by atoms with van der Waals surface area (Å²) in [5, 5.41) is 11.8. The monoisotopic (exact) mass is 252 g/mol. The molecule has 18 heavy (non-hydrogen) atoms. The van der Waals surface area contributed by atoms with Crippen molar-refractivity contribution in [3.63, 3.8) is 0 Å². The molecule has 0 fully saturated rings. The molecule has 0 radical (unpaired) electrons. The summed E-state index contributed by atoms with van der Waals surface area (Å²) in [5.41, 5.74) is 6.19. The highest BCUT2D eigenvalue weighted by Crippen LogP contribution is 2.13. The Hall–Kier alpha value is -1.75. The topological polar surface area (TPSA) is 84.6 Å². The zero-order chi connectivity index (χ0) is 13.4. The maximum absolute atomic E-state index is 11.4. The summed E-state index contributed by atoms with van der Waals surface area (Å²) in [5.74, 6) is 0.400. The molecule has 0 heterocycles. The number of aliphatic hydroxyl groups excluding tert-OH is 1. The van der Waals surface area contributed by atoms with Crippen LogP contribution in [0.5, 0.6) is 5.75 Å². The van der Waals surface area contributed by atoms with E-state index in [1.165, 1.54) is 0 Å². The number of rotatable bonds is 7. The molecule has 1 unspecified atom stereocenters. The van der Waals surface area contributed by atoms with Gasteiger partial charge in [0.2, 0.25) is 0 Å². The van der Waals surface area contributed by atoms with Gasteiger partial charge >= 0.3 is 0 Å². The molecule has 4 N–H and O–H groups in total. The van der Waals surface area contributed by atoms with Gasteiger partial charge in [0.1, 0.15) is 5.75 Å². The van der Waals surface area contributed by atoms with E-state index < -0.39 is 0 Å². The van der Waals surface area contributed by atoms with Crippen LogP contribution in [0.4, 0.5) is 5.69 Å². The van der Waals surface area contributed by atoms with Crippen molar-refractivity contribution in [2.24, 2.45) is 0 Å². The second kappa shape index (κ2) is 7.55. The number of carbonyl (C=O) groups excluding carboxylic acids is 1. The fourth-order valence-corrected chi connectivity index (χ4v) is 1.43. The maximum atomic E-state index is 11.4. The first-order valence-electron chi connectivity index (χ1n) is 6.01. The van der Waals surface area contributed by atoms with Gasteiger partial charge in [-0.15, -0.1) is 0 Å². The molecule has 1 aromatic rings. The Kier molecular flexibility index (Phi) is 6.00. The van der Waals surface area contributed by atoms with E-state index >= 15 is 0 Å². The third-order valence-corrected chi connectivity index (χ3v) is 2.35. The molecule has 5 nitrogen and oxygen atoms in total. The predicted octanol–water partition coefficient (Wildman–Crippen LogP) is 0.925. The Morgan fingerprint density at radius 2 is 2.33 bits per heavy atom. The molecule has 100 valence electrons. The van der Waals surface area contributed by atoms with Crippen LogP contribution in [-0.2, 0) is 4.79 Å². The van der Waals surface area contributed by atoms with Gasteiger partial charge in [0, 0.05) is 18.3 Å². The smallest absolute Gasteiger partial charge is 0.257 e. The van der Waals surface area contributed by atoms with Crippen molar-refractivity contribution >= 4 is 11.6 Å². The summed E-state index contributed by atoms with van der Waals surface area (Å²) in [6, 6.07) is 6.94. The first kappa shape index (κ1) is 14.3. The Bertz CT molecular complexity index is 380. The molecule has 5 heteroatoms. The van der Waals surface area contributed by atoms with E-state index in [0.29, 0.717) is 24.4 Å². The molecule has 0 bridgehead atoms. The molecule has 1 amide bonds. The average Bonchev–Trinajstić information content (AvgIpc) is 2.32. The third-order valence-electron chi connectivity index (χ3n) is 2.35. The van der Waals surface area contributed by atoms with E-state index in [-0.39, 0.29) is 18.6 Å². The van der Waals surface area contributed by atoms with Gasteiger partial charge in [-0.05, 0) is 31.9 Å². The fourth-order valence-electron chi connectivity index (χ4n) is 1.43. The lowest BCUT2D eigenvalue weighted by molar-refractivity contribution is -0.123. The zero-order valence-corrected chi connectivity index (χ0v) is 10.6. The first-order valence-corrected chi connectivity index (χ1v) is 6.01. The molecule has 0 saturated carbocycles. The Morgan fingerprint density at radius 1 is 1.56 bits per heavy atom. The van der Waals surface area contributed by atoms with Gasteiger partial charge in [-0.25, -0.2) is 0 Å².